The molecular weight excluding hydrogens is 380 g/mol. The second-order valence-electron chi connectivity index (χ2n) is 8.11. The highest BCUT2D eigenvalue weighted by molar-refractivity contribution is 6.07. The summed E-state index contributed by atoms with van der Waals surface area (Å²) in [5.41, 5.74) is 6.97. The number of nitro benzene ring substituents is 1. The molecule has 2 aromatic carbocycles. The minimum absolute atomic E-state index is 0.0452. The Morgan fingerprint density at radius 3 is 2.60 bits per heavy atom. The Labute approximate surface area is 174 Å². The summed E-state index contributed by atoms with van der Waals surface area (Å²) in [6.07, 6.45) is 3.42. The number of rotatable bonds is 3. The van der Waals surface area contributed by atoms with E-state index in [1.165, 1.54) is 11.6 Å². The summed E-state index contributed by atoms with van der Waals surface area (Å²) in [6, 6.07) is 11.5. The second-order valence-corrected chi connectivity index (χ2v) is 8.11. The zero-order valence-corrected chi connectivity index (χ0v) is 17.0. The molecule has 2 heterocycles. The Morgan fingerprint density at radius 1 is 1.10 bits per heavy atom. The summed E-state index contributed by atoms with van der Waals surface area (Å²) in [7, 11) is 0. The standard InChI is InChI=1S/C23H22N4O3/c1-14-6-8-17(9-7-14)26-19-5-3-4-18(19)22(24-26)23(28)25-11-10-16-12-15(2)20(27(29)30)13-21(16)25/h6-9,12-13H,3-5,10-11H2,1-2H3. The van der Waals surface area contributed by atoms with E-state index in [9.17, 15) is 14.9 Å². The van der Waals surface area contributed by atoms with E-state index in [1.807, 2.05) is 41.9 Å². The van der Waals surface area contributed by atoms with Gasteiger partial charge in [-0.1, -0.05) is 17.7 Å². The number of fused-ring (bicyclic) bond motifs is 2. The number of carbonyl (C=O) groups excluding carboxylic acids is 1. The third kappa shape index (κ3) is 2.81. The Balaban J connectivity index is 1.56. The first-order valence-electron chi connectivity index (χ1n) is 10.2. The number of aromatic nitrogens is 2. The van der Waals surface area contributed by atoms with Gasteiger partial charge in [0.15, 0.2) is 5.69 Å². The molecule has 0 fully saturated rings. The number of hydrogen-bond acceptors (Lipinski definition) is 4. The molecular formula is C23H22N4O3. The van der Waals surface area contributed by atoms with E-state index in [-0.39, 0.29) is 16.5 Å². The normalized spacial score (nSPS) is 14.7. The summed E-state index contributed by atoms with van der Waals surface area (Å²) >= 11 is 0. The molecule has 7 nitrogen and oxygen atoms in total. The molecule has 5 rings (SSSR count). The van der Waals surface area contributed by atoms with Crippen LogP contribution in [0.5, 0.6) is 0 Å². The Morgan fingerprint density at radius 2 is 1.87 bits per heavy atom. The largest absolute Gasteiger partial charge is 0.306 e. The number of aryl methyl sites for hydroxylation is 2. The molecule has 1 aromatic heterocycles. The van der Waals surface area contributed by atoms with Crippen LogP contribution in [-0.2, 0) is 19.3 Å². The minimum Gasteiger partial charge on any atom is -0.306 e. The maximum atomic E-state index is 13.5. The van der Waals surface area contributed by atoms with Crippen molar-refractivity contribution in [2.24, 2.45) is 0 Å². The van der Waals surface area contributed by atoms with E-state index >= 15 is 0 Å². The van der Waals surface area contributed by atoms with Crippen molar-refractivity contribution in [3.05, 3.63) is 80.2 Å². The van der Waals surface area contributed by atoms with Gasteiger partial charge in [0.05, 0.1) is 16.3 Å². The molecule has 0 bridgehead atoms. The molecule has 30 heavy (non-hydrogen) atoms. The van der Waals surface area contributed by atoms with Gasteiger partial charge in [-0.25, -0.2) is 4.68 Å². The summed E-state index contributed by atoms with van der Waals surface area (Å²) in [5.74, 6) is -0.170. The second kappa shape index (κ2) is 6.79. The highest BCUT2D eigenvalue weighted by Crippen LogP contribution is 2.36. The smallest absolute Gasteiger partial charge is 0.279 e. The third-order valence-electron chi connectivity index (χ3n) is 6.15. The zero-order valence-electron chi connectivity index (χ0n) is 17.0. The molecule has 0 saturated heterocycles. The number of anilines is 1. The van der Waals surface area contributed by atoms with Crippen molar-refractivity contribution in [3.63, 3.8) is 0 Å². The van der Waals surface area contributed by atoms with Gasteiger partial charge in [0.1, 0.15) is 0 Å². The summed E-state index contributed by atoms with van der Waals surface area (Å²) in [4.78, 5) is 26.2. The van der Waals surface area contributed by atoms with Crippen LogP contribution in [0.1, 0.15) is 44.9 Å². The Hall–Kier alpha value is -3.48. The van der Waals surface area contributed by atoms with Crippen LogP contribution in [0.2, 0.25) is 0 Å². The lowest BCUT2D eigenvalue weighted by Gasteiger charge is -2.17. The van der Waals surface area contributed by atoms with Crippen molar-refractivity contribution >= 4 is 17.3 Å². The van der Waals surface area contributed by atoms with Crippen LogP contribution >= 0.6 is 0 Å². The van der Waals surface area contributed by atoms with Gasteiger partial charge < -0.3 is 4.90 Å². The molecule has 0 unspecified atom stereocenters. The fraction of sp³-hybridized carbons (Fsp3) is 0.304. The molecule has 0 atom stereocenters. The number of carbonyl (C=O) groups is 1. The topological polar surface area (TPSA) is 81.3 Å². The SMILES string of the molecule is Cc1ccc(-n2nc(C(=O)N3CCc4cc(C)c([N+](=O)[O-])cc43)c3c2CCC3)cc1. The van der Waals surface area contributed by atoms with Gasteiger partial charge in [0, 0.05) is 29.4 Å². The molecule has 152 valence electrons. The molecule has 0 radical (unpaired) electrons. The van der Waals surface area contributed by atoms with Crippen LogP contribution in [0.25, 0.3) is 5.69 Å². The average Bonchev–Trinajstić information content (AvgIpc) is 3.42. The zero-order chi connectivity index (χ0) is 21.0. The molecule has 0 spiro atoms. The van der Waals surface area contributed by atoms with Crippen LogP contribution in [-0.4, -0.2) is 27.2 Å². The summed E-state index contributed by atoms with van der Waals surface area (Å²) < 4.78 is 1.89. The predicted octanol–water partition coefficient (Wildman–Crippen LogP) is 4.09. The van der Waals surface area contributed by atoms with Crippen molar-refractivity contribution < 1.29 is 9.72 Å². The maximum absolute atomic E-state index is 13.5. The Bertz CT molecular complexity index is 1190. The van der Waals surface area contributed by atoms with Gasteiger partial charge in [0.2, 0.25) is 0 Å². The number of nitro groups is 1. The molecule has 1 aliphatic heterocycles. The van der Waals surface area contributed by atoms with Gasteiger partial charge in [-0.2, -0.15) is 5.10 Å². The first kappa shape index (κ1) is 18.5. The predicted molar refractivity (Wildman–Crippen MR) is 114 cm³/mol. The van der Waals surface area contributed by atoms with Gasteiger partial charge in [-0.3, -0.25) is 14.9 Å². The van der Waals surface area contributed by atoms with E-state index in [0.717, 1.165) is 41.8 Å². The van der Waals surface area contributed by atoms with Crippen molar-refractivity contribution in [3.8, 4) is 5.69 Å². The van der Waals surface area contributed by atoms with E-state index < -0.39 is 0 Å². The van der Waals surface area contributed by atoms with Crippen LogP contribution in [0.3, 0.4) is 0 Å². The quantitative estimate of drug-likeness (QED) is 0.488. The van der Waals surface area contributed by atoms with Crippen LogP contribution < -0.4 is 4.90 Å². The minimum atomic E-state index is -0.388. The maximum Gasteiger partial charge on any atom is 0.279 e. The highest BCUT2D eigenvalue weighted by Gasteiger charge is 2.34. The fourth-order valence-corrected chi connectivity index (χ4v) is 4.59. The lowest BCUT2D eigenvalue weighted by Crippen LogP contribution is -2.30. The number of benzene rings is 2. The van der Waals surface area contributed by atoms with Gasteiger partial charge in [-0.05, 0) is 63.3 Å². The average molecular weight is 402 g/mol. The van der Waals surface area contributed by atoms with Crippen LogP contribution in [0.15, 0.2) is 36.4 Å². The molecule has 0 saturated carbocycles. The van der Waals surface area contributed by atoms with Crippen LogP contribution in [0.4, 0.5) is 11.4 Å². The molecule has 2 aliphatic rings. The molecule has 0 N–H and O–H groups in total. The van der Waals surface area contributed by atoms with Gasteiger partial charge >= 0.3 is 0 Å². The van der Waals surface area contributed by atoms with Crippen molar-refractivity contribution in [2.45, 2.75) is 39.5 Å². The lowest BCUT2D eigenvalue weighted by molar-refractivity contribution is -0.385. The monoisotopic (exact) mass is 402 g/mol. The fourth-order valence-electron chi connectivity index (χ4n) is 4.59. The lowest BCUT2D eigenvalue weighted by atomic mass is 10.1. The number of nitrogens with zero attached hydrogens (tertiary/aromatic N) is 4. The van der Waals surface area contributed by atoms with E-state index in [1.54, 1.807) is 11.8 Å². The van der Waals surface area contributed by atoms with Crippen molar-refractivity contribution in [1.82, 2.24) is 9.78 Å². The summed E-state index contributed by atoms with van der Waals surface area (Å²) in [5, 5.41) is 16.1. The highest BCUT2D eigenvalue weighted by atomic mass is 16.6. The molecule has 7 heteroatoms. The van der Waals surface area contributed by atoms with Crippen molar-refractivity contribution in [2.75, 3.05) is 11.4 Å². The first-order valence-corrected chi connectivity index (χ1v) is 10.2. The van der Waals surface area contributed by atoms with Gasteiger partial charge in [0.25, 0.3) is 11.6 Å². The van der Waals surface area contributed by atoms with Gasteiger partial charge in [-0.15, -0.1) is 0 Å². The molecule has 3 aromatic rings. The summed E-state index contributed by atoms with van der Waals surface area (Å²) in [6.45, 7) is 4.29. The van der Waals surface area contributed by atoms with Crippen LogP contribution in [0, 0.1) is 24.0 Å². The van der Waals surface area contributed by atoms with E-state index in [4.69, 9.17) is 5.10 Å². The Kier molecular flexibility index (Phi) is 4.20. The third-order valence-corrected chi connectivity index (χ3v) is 6.15. The van der Waals surface area contributed by atoms with Crippen molar-refractivity contribution in [1.29, 1.82) is 0 Å². The number of hydrogen-bond donors (Lipinski definition) is 0. The number of amides is 1. The van der Waals surface area contributed by atoms with E-state index in [0.29, 0.717) is 29.9 Å². The van der Waals surface area contributed by atoms with E-state index in [2.05, 4.69) is 0 Å². The molecule has 1 amide bonds. The molecule has 1 aliphatic carbocycles. The first-order chi connectivity index (χ1) is 14.4.